The van der Waals surface area contributed by atoms with Crippen LogP contribution in [-0.4, -0.2) is 36.7 Å². The molecule has 1 heterocycles. The largest absolute Gasteiger partial charge is 0.482 e. The van der Waals surface area contributed by atoms with Crippen molar-refractivity contribution in [1.82, 2.24) is 0 Å². The number of carboxylic acid groups (broad SMARTS) is 1. The average molecular weight is 292 g/mol. The number of anilines is 2. The number of carbonyl (C=O) groups excluding carboxylic acids is 1. The molecule has 1 aliphatic heterocycles. The van der Waals surface area contributed by atoms with Gasteiger partial charge in [0.1, 0.15) is 5.75 Å². The SMILES string of the molecule is CCCCN1C(=O)COc2ccc(NCCC(=O)O)cc21. The normalized spacial score (nSPS) is 13.6. The van der Waals surface area contributed by atoms with Gasteiger partial charge in [-0.2, -0.15) is 0 Å². The quantitative estimate of drug-likeness (QED) is 0.804. The second-order valence-corrected chi connectivity index (χ2v) is 4.94. The molecular formula is C15H20N2O4. The maximum atomic E-state index is 12.0. The monoisotopic (exact) mass is 292 g/mol. The van der Waals surface area contributed by atoms with Crippen molar-refractivity contribution in [3.63, 3.8) is 0 Å². The molecule has 1 amide bonds. The molecule has 0 saturated heterocycles. The lowest BCUT2D eigenvalue weighted by Gasteiger charge is -2.29. The Morgan fingerprint density at radius 3 is 3.00 bits per heavy atom. The van der Waals surface area contributed by atoms with Crippen LogP contribution in [0.15, 0.2) is 18.2 Å². The van der Waals surface area contributed by atoms with Crippen LogP contribution in [0.4, 0.5) is 11.4 Å². The number of carboxylic acids is 1. The Hall–Kier alpha value is -2.24. The fraction of sp³-hybridized carbons (Fsp3) is 0.467. The molecule has 0 aliphatic carbocycles. The number of benzene rings is 1. The van der Waals surface area contributed by atoms with Crippen LogP contribution in [0.3, 0.4) is 0 Å². The minimum Gasteiger partial charge on any atom is -0.482 e. The van der Waals surface area contributed by atoms with Crippen molar-refractivity contribution >= 4 is 23.3 Å². The zero-order valence-corrected chi connectivity index (χ0v) is 12.1. The van der Waals surface area contributed by atoms with Crippen LogP contribution in [0.5, 0.6) is 5.75 Å². The van der Waals surface area contributed by atoms with Crippen LogP contribution in [0.1, 0.15) is 26.2 Å². The summed E-state index contributed by atoms with van der Waals surface area (Å²) in [6, 6.07) is 5.47. The zero-order chi connectivity index (χ0) is 15.2. The number of nitrogens with zero attached hydrogens (tertiary/aromatic N) is 1. The van der Waals surface area contributed by atoms with Crippen LogP contribution < -0.4 is 15.0 Å². The number of aliphatic carboxylic acids is 1. The lowest BCUT2D eigenvalue weighted by Crippen LogP contribution is -2.39. The first-order chi connectivity index (χ1) is 10.1. The summed E-state index contributed by atoms with van der Waals surface area (Å²) in [4.78, 5) is 24.2. The molecule has 1 aromatic carbocycles. The van der Waals surface area contributed by atoms with E-state index in [1.165, 1.54) is 0 Å². The second-order valence-electron chi connectivity index (χ2n) is 4.94. The highest BCUT2D eigenvalue weighted by Crippen LogP contribution is 2.34. The average Bonchev–Trinajstić information content (AvgIpc) is 2.46. The molecule has 0 bridgehead atoms. The summed E-state index contributed by atoms with van der Waals surface area (Å²) >= 11 is 0. The van der Waals surface area contributed by atoms with Gasteiger partial charge in [0.05, 0.1) is 12.1 Å². The van der Waals surface area contributed by atoms with E-state index in [1.54, 1.807) is 4.90 Å². The van der Waals surface area contributed by atoms with E-state index in [0.29, 0.717) is 18.8 Å². The number of nitrogens with one attached hydrogen (secondary N) is 1. The Morgan fingerprint density at radius 1 is 1.48 bits per heavy atom. The van der Waals surface area contributed by atoms with Gasteiger partial charge >= 0.3 is 5.97 Å². The van der Waals surface area contributed by atoms with Gasteiger partial charge in [0.15, 0.2) is 6.61 Å². The summed E-state index contributed by atoms with van der Waals surface area (Å²) in [5.41, 5.74) is 1.54. The van der Waals surface area contributed by atoms with E-state index >= 15 is 0 Å². The lowest BCUT2D eigenvalue weighted by molar-refractivity contribution is -0.136. The summed E-state index contributed by atoms with van der Waals surface area (Å²) in [6.07, 6.45) is 1.99. The van der Waals surface area contributed by atoms with Crippen LogP contribution in [0, 0.1) is 0 Å². The Kier molecular flexibility index (Phi) is 5.03. The number of rotatable bonds is 7. The minimum absolute atomic E-state index is 0.0429. The molecule has 0 unspecified atom stereocenters. The van der Waals surface area contributed by atoms with Crippen molar-refractivity contribution in [1.29, 1.82) is 0 Å². The molecule has 1 aliphatic rings. The molecule has 2 N–H and O–H groups in total. The lowest BCUT2D eigenvalue weighted by atomic mass is 10.2. The van der Waals surface area contributed by atoms with Crippen molar-refractivity contribution in [2.75, 3.05) is 29.9 Å². The molecule has 21 heavy (non-hydrogen) atoms. The zero-order valence-electron chi connectivity index (χ0n) is 12.1. The van der Waals surface area contributed by atoms with Gasteiger partial charge in [-0.3, -0.25) is 9.59 Å². The molecule has 0 fully saturated rings. The molecule has 0 aromatic heterocycles. The van der Waals surface area contributed by atoms with Crippen LogP contribution in [0.2, 0.25) is 0 Å². The number of unbranched alkanes of at least 4 members (excludes halogenated alkanes) is 1. The fourth-order valence-corrected chi connectivity index (χ4v) is 2.19. The number of fused-ring (bicyclic) bond motifs is 1. The highest BCUT2D eigenvalue weighted by Gasteiger charge is 2.25. The van der Waals surface area contributed by atoms with Crippen molar-refractivity contribution in [2.45, 2.75) is 26.2 Å². The first kappa shape index (κ1) is 15.2. The maximum Gasteiger partial charge on any atom is 0.305 e. The number of carbonyl (C=O) groups is 2. The van der Waals surface area contributed by atoms with E-state index in [-0.39, 0.29) is 18.9 Å². The summed E-state index contributed by atoms with van der Waals surface area (Å²) in [6.45, 7) is 3.17. The van der Waals surface area contributed by atoms with E-state index in [0.717, 1.165) is 24.2 Å². The summed E-state index contributed by atoms with van der Waals surface area (Å²) < 4.78 is 5.43. The molecule has 6 nitrogen and oxygen atoms in total. The van der Waals surface area contributed by atoms with Gasteiger partial charge < -0.3 is 20.1 Å². The standard InChI is InChI=1S/C15H20N2O4/c1-2-3-8-17-12-9-11(16-7-6-15(19)20)4-5-13(12)21-10-14(17)18/h4-5,9,16H,2-3,6-8,10H2,1H3,(H,19,20). The second kappa shape index (κ2) is 6.97. The van der Waals surface area contributed by atoms with E-state index in [1.807, 2.05) is 18.2 Å². The molecular weight excluding hydrogens is 272 g/mol. The Morgan fingerprint density at radius 2 is 2.29 bits per heavy atom. The predicted octanol–water partition coefficient (Wildman–Crippen LogP) is 2.10. The van der Waals surface area contributed by atoms with Gasteiger partial charge in [-0.15, -0.1) is 0 Å². The minimum atomic E-state index is -0.844. The molecule has 0 spiro atoms. The third-order valence-corrected chi connectivity index (χ3v) is 3.31. The smallest absolute Gasteiger partial charge is 0.305 e. The van der Waals surface area contributed by atoms with E-state index < -0.39 is 5.97 Å². The van der Waals surface area contributed by atoms with Crippen molar-refractivity contribution in [2.24, 2.45) is 0 Å². The van der Waals surface area contributed by atoms with Gasteiger partial charge in [-0.05, 0) is 24.6 Å². The Balaban J connectivity index is 2.13. The highest BCUT2D eigenvalue weighted by molar-refractivity contribution is 5.98. The summed E-state index contributed by atoms with van der Waals surface area (Å²) in [5.74, 6) is -0.198. The molecule has 2 rings (SSSR count). The Labute approximate surface area is 123 Å². The Bertz CT molecular complexity index is 530. The first-order valence-electron chi connectivity index (χ1n) is 7.14. The van der Waals surface area contributed by atoms with E-state index in [9.17, 15) is 9.59 Å². The van der Waals surface area contributed by atoms with Crippen molar-refractivity contribution in [3.8, 4) is 5.75 Å². The van der Waals surface area contributed by atoms with E-state index in [2.05, 4.69) is 12.2 Å². The summed E-state index contributed by atoms with van der Waals surface area (Å²) in [7, 11) is 0. The topological polar surface area (TPSA) is 78.9 Å². The molecule has 1 aromatic rings. The molecule has 6 heteroatoms. The van der Waals surface area contributed by atoms with Gasteiger partial charge in [0.25, 0.3) is 5.91 Å². The van der Waals surface area contributed by atoms with Gasteiger partial charge in [0, 0.05) is 18.8 Å². The van der Waals surface area contributed by atoms with Crippen molar-refractivity contribution in [3.05, 3.63) is 18.2 Å². The fourth-order valence-electron chi connectivity index (χ4n) is 2.19. The molecule has 0 atom stereocenters. The predicted molar refractivity (Wildman–Crippen MR) is 79.9 cm³/mol. The molecule has 114 valence electrons. The van der Waals surface area contributed by atoms with Crippen LogP contribution in [0.25, 0.3) is 0 Å². The first-order valence-corrected chi connectivity index (χ1v) is 7.14. The van der Waals surface area contributed by atoms with Gasteiger partial charge in [-0.25, -0.2) is 0 Å². The van der Waals surface area contributed by atoms with E-state index in [4.69, 9.17) is 9.84 Å². The van der Waals surface area contributed by atoms with Crippen LogP contribution >= 0.6 is 0 Å². The number of amides is 1. The summed E-state index contributed by atoms with van der Waals surface area (Å²) in [5, 5.41) is 11.7. The third-order valence-electron chi connectivity index (χ3n) is 3.31. The molecule has 0 saturated carbocycles. The highest BCUT2D eigenvalue weighted by atomic mass is 16.5. The third kappa shape index (κ3) is 3.87. The van der Waals surface area contributed by atoms with Gasteiger partial charge in [-0.1, -0.05) is 13.3 Å². The number of hydrogen-bond acceptors (Lipinski definition) is 4. The molecule has 0 radical (unpaired) electrons. The number of hydrogen-bond donors (Lipinski definition) is 2. The van der Waals surface area contributed by atoms with Crippen molar-refractivity contribution < 1.29 is 19.4 Å². The van der Waals surface area contributed by atoms with Gasteiger partial charge in [0.2, 0.25) is 0 Å². The maximum absolute atomic E-state index is 12.0. The van der Waals surface area contributed by atoms with Crippen LogP contribution in [-0.2, 0) is 9.59 Å². The number of ether oxygens (including phenoxy) is 1.